The fraction of sp³-hybridized carbons (Fsp3) is 0.467. The first kappa shape index (κ1) is 16.8. The van der Waals surface area contributed by atoms with Gasteiger partial charge in [-0.25, -0.2) is 4.79 Å². The van der Waals surface area contributed by atoms with E-state index in [4.69, 9.17) is 9.47 Å². The number of hydrogen-bond donors (Lipinski definition) is 2. The fourth-order valence-electron chi connectivity index (χ4n) is 1.72. The number of esters is 2. The number of unbranched alkanes of at least 4 members (excludes halogenated alkanes) is 3. The van der Waals surface area contributed by atoms with Crippen LogP contribution in [0.4, 0.5) is 0 Å². The number of ether oxygens (including phenoxy) is 2. The van der Waals surface area contributed by atoms with Crippen LogP contribution in [0.15, 0.2) is 12.1 Å². The molecular weight excluding hydrogens is 276 g/mol. The molecule has 0 saturated carbocycles. The maximum atomic E-state index is 11.8. The van der Waals surface area contributed by atoms with Gasteiger partial charge in [-0.05, 0) is 18.6 Å². The summed E-state index contributed by atoms with van der Waals surface area (Å²) in [5, 5.41) is 19.1. The summed E-state index contributed by atoms with van der Waals surface area (Å²) in [5.74, 6) is -2.73. The number of phenols is 2. The van der Waals surface area contributed by atoms with Crippen LogP contribution in [0.5, 0.6) is 17.2 Å². The first-order valence-corrected chi connectivity index (χ1v) is 6.87. The fourth-order valence-corrected chi connectivity index (χ4v) is 1.72. The molecular formula is C15H20O6. The Balaban J connectivity index is 2.71. The molecule has 0 aromatic heterocycles. The van der Waals surface area contributed by atoms with Crippen molar-refractivity contribution in [2.75, 3.05) is 6.61 Å². The van der Waals surface area contributed by atoms with Gasteiger partial charge in [-0.2, -0.15) is 0 Å². The van der Waals surface area contributed by atoms with E-state index in [1.54, 1.807) is 0 Å². The molecule has 0 atom stereocenters. The third kappa shape index (κ3) is 5.33. The van der Waals surface area contributed by atoms with E-state index in [1.807, 2.05) is 0 Å². The van der Waals surface area contributed by atoms with Gasteiger partial charge in [-0.3, -0.25) is 4.79 Å². The van der Waals surface area contributed by atoms with Crippen LogP contribution in [0, 0.1) is 0 Å². The van der Waals surface area contributed by atoms with E-state index in [9.17, 15) is 19.8 Å². The third-order valence-electron chi connectivity index (χ3n) is 2.78. The van der Waals surface area contributed by atoms with Crippen molar-refractivity contribution < 1.29 is 29.3 Å². The number of carbonyl (C=O) groups excluding carboxylic acids is 2. The van der Waals surface area contributed by atoms with E-state index in [0.717, 1.165) is 44.7 Å². The van der Waals surface area contributed by atoms with Crippen molar-refractivity contribution in [2.45, 2.75) is 39.5 Å². The quantitative estimate of drug-likeness (QED) is 0.348. The molecule has 0 aliphatic heterocycles. The van der Waals surface area contributed by atoms with E-state index in [2.05, 4.69) is 6.92 Å². The lowest BCUT2D eigenvalue weighted by molar-refractivity contribution is -0.132. The molecule has 1 aromatic carbocycles. The zero-order valence-electron chi connectivity index (χ0n) is 12.2. The van der Waals surface area contributed by atoms with E-state index in [1.165, 1.54) is 0 Å². The Morgan fingerprint density at radius 2 is 1.86 bits per heavy atom. The molecule has 0 bridgehead atoms. The summed E-state index contributed by atoms with van der Waals surface area (Å²) in [6.07, 6.45) is 3.91. The number of hydrogen-bond acceptors (Lipinski definition) is 6. The molecule has 2 N–H and O–H groups in total. The smallest absolute Gasteiger partial charge is 0.338 e. The van der Waals surface area contributed by atoms with Crippen LogP contribution in [0.3, 0.4) is 0 Å². The van der Waals surface area contributed by atoms with Crippen LogP contribution >= 0.6 is 0 Å². The first-order chi connectivity index (χ1) is 9.95. The standard InChI is InChI=1S/C15H20O6/c1-3-4-5-6-7-20-15(19)11-8-12(17)14(18)13(9-11)21-10(2)16/h8-9,17-18H,3-7H2,1-2H3. The summed E-state index contributed by atoms with van der Waals surface area (Å²) < 4.78 is 9.77. The highest BCUT2D eigenvalue weighted by atomic mass is 16.5. The van der Waals surface area contributed by atoms with Crippen LogP contribution < -0.4 is 4.74 Å². The second-order valence-corrected chi connectivity index (χ2v) is 4.63. The number of rotatable bonds is 7. The molecule has 0 aliphatic carbocycles. The van der Waals surface area contributed by atoms with Crippen LogP contribution in [0.1, 0.15) is 49.9 Å². The molecule has 6 nitrogen and oxygen atoms in total. The molecule has 0 radical (unpaired) electrons. The van der Waals surface area contributed by atoms with Crippen molar-refractivity contribution >= 4 is 11.9 Å². The molecule has 21 heavy (non-hydrogen) atoms. The molecule has 116 valence electrons. The number of phenolic OH excluding ortho intramolecular Hbond substituents is 2. The van der Waals surface area contributed by atoms with Crippen LogP contribution in [0.25, 0.3) is 0 Å². The highest BCUT2D eigenvalue weighted by molar-refractivity contribution is 5.91. The lowest BCUT2D eigenvalue weighted by Gasteiger charge is -2.09. The Kier molecular flexibility index (Phi) is 6.52. The van der Waals surface area contributed by atoms with Crippen LogP contribution in [-0.4, -0.2) is 28.8 Å². The minimum atomic E-state index is -0.671. The Bertz CT molecular complexity index is 509. The lowest BCUT2D eigenvalue weighted by atomic mass is 10.2. The first-order valence-electron chi connectivity index (χ1n) is 6.87. The average Bonchev–Trinajstić information content (AvgIpc) is 2.42. The maximum absolute atomic E-state index is 11.8. The lowest BCUT2D eigenvalue weighted by Crippen LogP contribution is -2.08. The Morgan fingerprint density at radius 1 is 1.14 bits per heavy atom. The zero-order chi connectivity index (χ0) is 15.8. The summed E-state index contributed by atoms with van der Waals surface area (Å²) in [7, 11) is 0. The number of aromatic hydroxyl groups is 2. The van der Waals surface area contributed by atoms with Gasteiger partial charge in [-0.1, -0.05) is 26.2 Å². The Morgan fingerprint density at radius 3 is 2.48 bits per heavy atom. The van der Waals surface area contributed by atoms with Gasteiger partial charge in [0.15, 0.2) is 11.5 Å². The molecule has 0 spiro atoms. The van der Waals surface area contributed by atoms with Crippen molar-refractivity contribution in [3.63, 3.8) is 0 Å². The summed E-state index contributed by atoms with van der Waals surface area (Å²) in [6.45, 7) is 3.51. The summed E-state index contributed by atoms with van der Waals surface area (Å²) in [4.78, 5) is 22.7. The van der Waals surface area contributed by atoms with Crippen molar-refractivity contribution in [1.29, 1.82) is 0 Å². The predicted molar refractivity (Wildman–Crippen MR) is 75.5 cm³/mol. The highest BCUT2D eigenvalue weighted by Gasteiger charge is 2.17. The van der Waals surface area contributed by atoms with Crippen LogP contribution in [-0.2, 0) is 9.53 Å². The van der Waals surface area contributed by atoms with Crippen LogP contribution in [0.2, 0.25) is 0 Å². The number of carbonyl (C=O) groups is 2. The van der Waals surface area contributed by atoms with Gasteiger partial charge < -0.3 is 19.7 Å². The molecule has 1 aromatic rings. The van der Waals surface area contributed by atoms with Crippen molar-refractivity contribution in [3.05, 3.63) is 17.7 Å². The van der Waals surface area contributed by atoms with E-state index < -0.39 is 23.4 Å². The van der Waals surface area contributed by atoms with Gasteiger partial charge in [0, 0.05) is 6.92 Å². The van der Waals surface area contributed by atoms with Gasteiger partial charge >= 0.3 is 11.9 Å². The monoisotopic (exact) mass is 296 g/mol. The third-order valence-corrected chi connectivity index (χ3v) is 2.78. The minimum Gasteiger partial charge on any atom is -0.504 e. The average molecular weight is 296 g/mol. The van der Waals surface area contributed by atoms with Crippen molar-refractivity contribution in [1.82, 2.24) is 0 Å². The van der Waals surface area contributed by atoms with Gasteiger partial charge in [0.2, 0.25) is 5.75 Å². The molecule has 0 saturated heterocycles. The summed E-state index contributed by atoms with van der Waals surface area (Å²) >= 11 is 0. The summed E-state index contributed by atoms with van der Waals surface area (Å²) in [5.41, 5.74) is 0.0111. The Labute approximate surface area is 123 Å². The van der Waals surface area contributed by atoms with Gasteiger partial charge in [0.05, 0.1) is 12.2 Å². The van der Waals surface area contributed by atoms with E-state index >= 15 is 0 Å². The molecule has 1 rings (SSSR count). The Hall–Kier alpha value is -2.24. The van der Waals surface area contributed by atoms with Crippen molar-refractivity contribution in [2.24, 2.45) is 0 Å². The van der Waals surface area contributed by atoms with E-state index in [-0.39, 0.29) is 17.9 Å². The molecule has 0 unspecified atom stereocenters. The molecule has 0 fully saturated rings. The molecule has 6 heteroatoms. The van der Waals surface area contributed by atoms with Crippen molar-refractivity contribution in [3.8, 4) is 17.2 Å². The molecule has 0 aliphatic rings. The largest absolute Gasteiger partial charge is 0.504 e. The molecule has 0 heterocycles. The summed E-state index contributed by atoms with van der Waals surface area (Å²) in [6, 6.07) is 2.22. The second-order valence-electron chi connectivity index (χ2n) is 4.63. The predicted octanol–water partition coefficient (Wildman–Crippen LogP) is 2.76. The SMILES string of the molecule is CCCCCCOC(=O)c1cc(O)c(O)c(OC(C)=O)c1. The van der Waals surface area contributed by atoms with Gasteiger partial charge in [0.1, 0.15) is 0 Å². The maximum Gasteiger partial charge on any atom is 0.338 e. The highest BCUT2D eigenvalue weighted by Crippen LogP contribution is 2.36. The second kappa shape index (κ2) is 8.14. The van der Waals surface area contributed by atoms with E-state index in [0.29, 0.717) is 0 Å². The topological polar surface area (TPSA) is 93.1 Å². The zero-order valence-corrected chi connectivity index (χ0v) is 12.2. The molecule has 0 amide bonds. The van der Waals surface area contributed by atoms with Gasteiger partial charge in [0.25, 0.3) is 0 Å². The number of benzene rings is 1. The van der Waals surface area contributed by atoms with Gasteiger partial charge in [-0.15, -0.1) is 0 Å². The normalized spacial score (nSPS) is 10.2. The minimum absolute atomic E-state index is 0.0111.